The number of hydrazone groups is 1. The van der Waals surface area contributed by atoms with E-state index in [4.69, 9.17) is 10.5 Å². The van der Waals surface area contributed by atoms with Gasteiger partial charge in [-0.05, 0) is 63.9 Å². The van der Waals surface area contributed by atoms with Crippen LogP contribution in [0, 0.1) is 24.0 Å². The van der Waals surface area contributed by atoms with Gasteiger partial charge in [0.2, 0.25) is 11.6 Å². The number of carbonyl (C=O) groups is 1. The third kappa shape index (κ3) is 5.44. The largest absolute Gasteiger partial charge is 0.496 e. The van der Waals surface area contributed by atoms with Gasteiger partial charge in [-0.2, -0.15) is 14.9 Å². The smallest absolute Gasteiger partial charge is 0.294 e. The Balaban J connectivity index is 1.43. The molecule has 16 nitrogen and oxygen atoms in total. The summed E-state index contributed by atoms with van der Waals surface area (Å²) in [5.74, 6) is -0.249. The van der Waals surface area contributed by atoms with Crippen LogP contribution in [-0.4, -0.2) is 59.2 Å². The van der Waals surface area contributed by atoms with Crippen LogP contribution in [0.15, 0.2) is 56.7 Å². The lowest BCUT2D eigenvalue weighted by Gasteiger charge is -2.11. The van der Waals surface area contributed by atoms with Crippen LogP contribution in [0.4, 0.5) is 11.5 Å². The van der Waals surface area contributed by atoms with E-state index < -0.39 is 10.8 Å². The van der Waals surface area contributed by atoms with E-state index in [2.05, 4.69) is 56.8 Å². The third-order valence-corrected chi connectivity index (χ3v) is 7.36. The number of nitro benzene ring substituents is 1. The van der Waals surface area contributed by atoms with Gasteiger partial charge in [-0.25, -0.2) is 10.1 Å². The van der Waals surface area contributed by atoms with Crippen LogP contribution in [0.25, 0.3) is 17.1 Å². The molecule has 3 aromatic heterocycles. The van der Waals surface area contributed by atoms with Gasteiger partial charge in [0.15, 0.2) is 5.69 Å². The standard InChI is InChI=1S/C25H22BrN11O5/c1-13-20(26)14(2)35(31-13)12-17-9-15(7-8-19(17)41-3)11-28-30-25(38)21-22(16-5-4-6-18(10-16)37(39)40)36(34-29-21)24-23(27)32-42-33-24/h4-11H,12H2,1-3H3,(H2,27,32)(H,30,38). The molecular formula is C25H22BrN11O5. The van der Waals surface area contributed by atoms with Gasteiger partial charge in [-0.15, -0.1) is 5.10 Å². The third-order valence-electron chi connectivity index (χ3n) is 6.21. The van der Waals surface area contributed by atoms with E-state index in [1.807, 2.05) is 24.6 Å². The van der Waals surface area contributed by atoms with Crippen molar-refractivity contribution >= 4 is 39.6 Å². The Morgan fingerprint density at radius 3 is 2.74 bits per heavy atom. The maximum absolute atomic E-state index is 13.2. The number of aryl methyl sites for hydroxylation is 1. The van der Waals surface area contributed by atoms with Gasteiger partial charge >= 0.3 is 0 Å². The fraction of sp³-hybridized carbons (Fsp3) is 0.160. The summed E-state index contributed by atoms with van der Waals surface area (Å²) >= 11 is 3.54. The first kappa shape index (κ1) is 28.1. The number of nitrogens with zero attached hydrogens (tertiary/aromatic N) is 9. The summed E-state index contributed by atoms with van der Waals surface area (Å²) in [4.78, 5) is 24.0. The van der Waals surface area contributed by atoms with Gasteiger partial charge in [0.1, 0.15) is 11.4 Å². The SMILES string of the molecule is COc1ccc(C=NNC(=O)c2nnn(-c3nonc3N)c2-c2cccc([N+](=O)[O-])c2)cc1Cn1nc(C)c(Br)c1C. The minimum Gasteiger partial charge on any atom is -0.496 e. The van der Waals surface area contributed by atoms with E-state index in [1.54, 1.807) is 25.3 Å². The molecule has 42 heavy (non-hydrogen) atoms. The molecule has 0 fully saturated rings. The summed E-state index contributed by atoms with van der Waals surface area (Å²) in [6.07, 6.45) is 1.45. The molecule has 214 valence electrons. The van der Waals surface area contributed by atoms with Gasteiger partial charge in [0.05, 0.1) is 40.7 Å². The van der Waals surface area contributed by atoms with Crippen LogP contribution in [0.2, 0.25) is 0 Å². The maximum atomic E-state index is 13.2. The molecule has 0 aliphatic rings. The molecule has 0 bridgehead atoms. The number of carbonyl (C=O) groups excluding carboxylic acids is 1. The molecule has 0 saturated heterocycles. The molecule has 0 aliphatic heterocycles. The van der Waals surface area contributed by atoms with Crippen LogP contribution in [-0.2, 0) is 6.54 Å². The van der Waals surface area contributed by atoms with Crippen molar-refractivity contribution in [1.82, 2.24) is 40.5 Å². The zero-order valence-corrected chi connectivity index (χ0v) is 23.9. The summed E-state index contributed by atoms with van der Waals surface area (Å²) < 4.78 is 14.1. The number of ether oxygens (including phenoxy) is 1. The molecule has 0 radical (unpaired) electrons. The van der Waals surface area contributed by atoms with Gasteiger partial charge < -0.3 is 10.5 Å². The van der Waals surface area contributed by atoms with Gasteiger partial charge in [-0.1, -0.05) is 17.3 Å². The number of nitro groups is 1. The second kappa shape index (κ2) is 11.6. The minimum absolute atomic E-state index is 0.0491. The van der Waals surface area contributed by atoms with E-state index in [0.717, 1.165) is 26.1 Å². The maximum Gasteiger partial charge on any atom is 0.294 e. The Morgan fingerprint density at radius 2 is 2.07 bits per heavy atom. The Kier molecular flexibility index (Phi) is 7.74. The monoisotopic (exact) mass is 635 g/mol. The number of hydrogen-bond acceptors (Lipinski definition) is 12. The van der Waals surface area contributed by atoms with Crippen LogP contribution in [0.3, 0.4) is 0 Å². The fourth-order valence-corrected chi connectivity index (χ4v) is 4.44. The highest BCUT2D eigenvalue weighted by atomic mass is 79.9. The Morgan fingerprint density at radius 1 is 1.26 bits per heavy atom. The first-order valence-electron chi connectivity index (χ1n) is 12.2. The Labute approximate surface area is 245 Å². The number of nitrogen functional groups attached to an aromatic ring is 1. The first-order valence-corrected chi connectivity index (χ1v) is 13.0. The number of rotatable bonds is 9. The van der Waals surface area contributed by atoms with Crippen LogP contribution >= 0.6 is 15.9 Å². The molecule has 2 aromatic carbocycles. The number of hydrogen-bond donors (Lipinski definition) is 2. The number of anilines is 1. The van der Waals surface area contributed by atoms with Crippen molar-refractivity contribution in [3.05, 3.63) is 85.3 Å². The number of non-ortho nitro benzene ring substituents is 1. The van der Waals surface area contributed by atoms with E-state index in [-0.39, 0.29) is 34.3 Å². The quantitative estimate of drug-likeness (QED) is 0.136. The zero-order valence-electron chi connectivity index (χ0n) is 22.3. The molecule has 3 N–H and O–H groups in total. The summed E-state index contributed by atoms with van der Waals surface area (Å²) in [5, 5.41) is 35.1. The van der Waals surface area contributed by atoms with Crippen molar-refractivity contribution in [1.29, 1.82) is 0 Å². The molecule has 5 aromatic rings. The normalized spacial score (nSPS) is 11.2. The lowest BCUT2D eigenvalue weighted by molar-refractivity contribution is -0.384. The second-order valence-electron chi connectivity index (χ2n) is 8.89. The van der Waals surface area contributed by atoms with Gasteiger partial charge in [-0.3, -0.25) is 19.6 Å². The second-order valence-corrected chi connectivity index (χ2v) is 9.68. The molecule has 0 saturated carbocycles. The minimum atomic E-state index is -0.741. The lowest BCUT2D eigenvalue weighted by Crippen LogP contribution is -2.19. The van der Waals surface area contributed by atoms with Crippen LogP contribution < -0.4 is 15.9 Å². The van der Waals surface area contributed by atoms with Crippen LogP contribution in [0.5, 0.6) is 5.75 Å². The predicted octanol–water partition coefficient (Wildman–Crippen LogP) is 3.20. The number of halogens is 1. The number of nitrogens with two attached hydrogens (primary N) is 1. The molecule has 0 unspecified atom stereocenters. The predicted molar refractivity (Wildman–Crippen MR) is 152 cm³/mol. The van der Waals surface area contributed by atoms with E-state index in [1.165, 1.54) is 24.4 Å². The molecular weight excluding hydrogens is 614 g/mol. The molecule has 0 spiro atoms. The topological polar surface area (TPSA) is 207 Å². The first-order chi connectivity index (χ1) is 20.2. The van der Waals surface area contributed by atoms with Gasteiger partial charge in [0.25, 0.3) is 11.6 Å². The van der Waals surface area contributed by atoms with Gasteiger partial charge in [0, 0.05) is 23.3 Å². The van der Waals surface area contributed by atoms with Crippen molar-refractivity contribution in [2.24, 2.45) is 5.10 Å². The number of nitrogens with one attached hydrogen (secondary N) is 1. The zero-order chi connectivity index (χ0) is 30.0. The van der Waals surface area contributed by atoms with Crippen molar-refractivity contribution in [2.75, 3.05) is 12.8 Å². The van der Waals surface area contributed by atoms with E-state index >= 15 is 0 Å². The summed E-state index contributed by atoms with van der Waals surface area (Å²) in [7, 11) is 1.58. The summed E-state index contributed by atoms with van der Waals surface area (Å²) in [6, 6.07) is 11.0. The molecule has 1 amide bonds. The average Bonchev–Trinajstić information content (AvgIpc) is 3.67. The van der Waals surface area contributed by atoms with Crippen molar-refractivity contribution in [3.63, 3.8) is 0 Å². The highest BCUT2D eigenvalue weighted by Gasteiger charge is 2.26. The highest BCUT2D eigenvalue weighted by molar-refractivity contribution is 9.10. The number of benzene rings is 2. The van der Waals surface area contributed by atoms with Crippen molar-refractivity contribution < 1.29 is 19.1 Å². The summed E-state index contributed by atoms with van der Waals surface area (Å²) in [5.41, 5.74) is 11.5. The summed E-state index contributed by atoms with van der Waals surface area (Å²) in [6.45, 7) is 4.32. The average molecular weight is 636 g/mol. The molecule has 3 heterocycles. The highest BCUT2D eigenvalue weighted by Crippen LogP contribution is 2.29. The van der Waals surface area contributed by atoms with E-state index in [9.17, 15) is 14.9 Å². The Bertz CT molecular complexity index is 1840. The fourth-order valence-electron chi connectivity index (χ4n) is 4.16. The molecule has 17 heteroatoms. The van der Waals surface area contributed by atoms with E-state index in [0.29, 0.717) is 17.9 Å². The Hall–Kier alpha value is -5.45. The van der Waals surface area contributed by atoms with Crippen LogP contribution in [0.1, 0.15) is 33.0 Å². The number of methoxy groups -OCH3 is 1. The van der Waals surface area contributed by atoms with Crippen molar-refractivity contribution in [2.45, 2.75) is 20.4 Å². The lowest BCUT2D eigenvalue weighted by atomic mass is 10.1. The number of aromatic nitrogens is 7. The number of amides is 1. The molecule has 5 rings (SSSR count). The molecule has 0 aliphatic carbocycles. The molecule has 0 atom stereocenters. The van der Waals surface area contributed by atoms with Crippen molar-refractivity contribution in [3.8, 4) is 22.8 Å².